The number of hydrogen-bond acceptors (Lipinski definition) is 6. The number of hydrogen-bond donors (Lipinski definition) is 3. The maximum absolute atomic E-state index is 13.0. The van der Waals surface area contributed by atoms with Crippen LogP contribution in [0, 0.1) is 5.82 Å². The highest BCUT2D eigenvalue weighted by Crippen LogP contribution is 2.28. The van der Waals surface area contributed by atoms with Crippen molar-refractivity contribution in [2.75, 3.05) is 5.73 Å². The molecule has 0 aliphatic carbocycles. The van der Waals surface area contributed by atoms with Crippen molar-refractivity contribution in [3.05, 3.63) is 69.8 Å². The standard InChI is InChI=1S/C22H21FN6O2S/c1-12(2)26-20(30)17-7-14(10-29-19(17)27-22(24)28-29)15-8-18(32-11-15)21(31)25-9-13-3-5-16(23)6-4-13/h3-8,10-12H,9H2,1-2H3,(H2,24,28)(H,25,31)(H,26,30). The van der Waals surface area contributed by atoms with Crippen LogP contribution in [-0.4, -0.2) is 32.5 Å². The number of nitrogens with one attached hydrogen (secondary N) is 2. The average Bonchev–Trinajstić information content (AvgIpc) is 3.38. The summed E-state index contributed by atoms with van der Waals surface area (Å²) in [6, 6.07) is 9.36. The molecule has 8 nitrogen and oxygen atoms in total. The van der Waals surface area contributed by atoms with Gasteiger partial charge in [0.2, 0.25) is 5.95 Å². The molecule has 2 amide bonds. The van der Waals surface area contributed by atoms with Crippen LogP contribution in [0.2, 0.25) is 0 Å². The molecular weight excluding hydrogens is 431 g/mol. The molecule has 10 heteroatoms. The van der Waals surface area contributed by atoms with E-state index >= 15 is 0 Å². The van der Waals surface area contributed by atoms with Gasteiger partial charge in [0, 0.05) is 24.3 Å². The topological polar surface area (TPSA) is 114 Å². The minimum Gasteiger partial charge on any atom is -0.366 e. The number of rotatable bonds is 6. The Hall–Kier alpha value is -3.79. The van der Waals surface area contributed by atoms with E-state index in [1.165, 1.54) is 28.0 Å². The zero-order chi connectivity index (χ0) is 22.8. The van der Waals surface area contributed by atoms with Crippen LogP contribution in [-0.2, 0) is 6.54 Å². The number of amides is 2. The number of thiophene rings is 1. The Labute approximate surface area is 187 Å². The van der Waals surface area contributed by atoms with Crippen LogP contribution >= 0.6 is 11.3 Å². The van der Waals surface area contributed by atoms with Crippen molar-refractivity contribution >= 4 is 34.7 Å². The fourth-order valence-electron chi connectivity index (χ4n) is 3.15. The lowest BCUT2D eigenvalue weighted by atomic mass is 10.1. The zero-order valence-electron chi connectivity index (χ0n) is 17.4. The van der Waals surface area contributed by atoms with Gasteiger partial charge in [0.1, 0.15) is 5.82 Å². The second kappa shape index (κ2) is 8.75. The lowest BCUT2D eigenvalue weighted by Crippen LogP contribution is -2.30. The fraction of sp³-hybridized carbons (Fsp3) is 0.182. The van der Waals surface area contributed by atoms with Gasteiger partial charge in [-0.2, -0.15) is 4.98 Å². The third-order valence-electron chi connectivity index (χ3n) is 4.64. The van der Waals surface area contributed by atoms with Crippen LogP contribution in [0.25, 0.3) is 16.8 Å². The molecule has 3 aromatic heterocycles. The molecule has 4 aromatic rings. The van der Waals surface area contributed by atoms with E-state index in [0.29, 0.717) is 21.7 Å². The lowest BCUT2D eigenvalue weighted by molar-refractivity contribution is 0.0939. The van der Waals surface area contributed by atoms with E-state index in [9.17, 15) is 14.0 Å². The van der Waals surface area contributed by atoms with Crippen LogP contribution in [0.15, 0.2) is 48.0 Å². The molecule has 0 aliphatic rings. The number of nitrogen functional groups attached to an aromatic ring is 1. The van der Waals surface area contributed by atoms with E-state index in [-0.39, 0.29) is 36.2 Å². The first-order valence-electron chi connectivity index (χ1n) is 9.88. The molecule has 4 rings (SSSR count). The molecule has 0 spiro atoms. The van der Waals surface area contributed by atoms with Gasteiger partial charge in [-0.05, 0) is 54.6 Å². The molecule has 0 unspecified atom stereocenters. The average molecular weight is 453 g/mol. The summed E-state index contributed by atoms with van der Waals surface area (Å²) in [4.78, 5) is 29.9. The highest BCUT2D eigenvalue weighted by molar-refractivity contribution is 7.12. The molecule has 32 heavy (non-hydrogen) atoms. The second-order valence-corrected chi connectivity index (χ2v) is 8.43. The third-order valence-corrected chi connectivity index (χ3v) is 5.57. The lowest BCUT2D eigenvalue weighted by Gasteiger charge is -2.10. The van der Waals surface area contributed by atoms with Gasteiger partial charge in [0.25, 0.3) is 11.8 Å². The number of carbonyl (C=O) groups is 2. The van der Waals surface area contributed by atoms with E-state index < -0.39 is 0 Å². The van der Waals surface area contributed by atoms with Gasteiger partial charge < -0.3 is 16.4 Å². The maximum Gasteiger partial charge on any atom is 0.261 e. The zero-order valence-corrected chi connectivity index (χ0v) is 18.2. The smallest absolute Gasteiger partial charge is 0.261 e. The van der Waals surface area contributed by atoms with Crippen molar-refractivity contribution in [2.24, 2.45) is 0 Å². The van der Waals surface area contributed by atoms with Gasteiger partial charge in [-0.15, -0.1) is 16.4 Å². The highest BCUT2D eigenvalue weighted by Gasteiger charge is 2.18. The number of benzene rings is 1. The highest BCUT2D eigenvalue weighted by atomic mass is 32.1. The van der Waals surface area contributed by atoms with Crippen molar-refractivity contribution in [1.29, 1.82) is 0 Å². The van der Waals surface area contributed by atoms with Gasteiger partial charge in [-0.1, -0.05) is 12.1 Å². The molecule has 3 heterocycles. The third kappa shape index (κ3) is 4.59. The summed E-state index contributed by atoms with van der Waals surface area (Å²) in [6.07, 6.45) is 1.72. The van der Waals surface area contributed by atoms with Gasteiger partial charge >= 0.3 is 0 Å². The van der Waals surface area contributed by atoms with Crippen molar-refractivity contribution in [3.63, 3.8) is 0 Å². The molecule has 0 bridgehead atoms. The van der Waals surface area contributed by atoms with Gasteiger partial charge in [0.15, 0.2) is 5.65 Å². The first-order valence-corrected chi connectivity index (χ1v) is 10.8. The predicted molar refractivity (Wildman–Crippen MR) is 121 cm³/mol. The normalized spacial score (nSPS) is 11.1. The largest absolute Gasteiger partial charge is 0.366 e. The van der Waals surface area contributed by atoms with Crippen LogP contribution in [0.4, 0.5) is 10.3 Å². The van der Waals surface area contributed by atoms with E-state index in [2.05, 4.69) is 20.7 Å². The Morgan fingerprint density at radius 2 is 1.91 bits per heavy atom. The van der Waals surface area contributed by atoms with Crippen LogP contribution in [0.5, 0.6) is 0 Å². The van der Waals surface area contributed by atoms with Crippen LogP contribution < -0.4 is 16.4 Å². The number of halogens is 1. The van der Waals surface area contributed by atoms with E-state index in [1.807, 2.05) is 19.2 Å². The minimum absolute atomic E-state index is 0.0518. The summed E-state index contributed by atoms with van der Waals surface area (Å²) in [5.74, 6) is -0.788. The monoisotopic (exact) mass is 452 g/mol. The molecule has 4 N–H and O–H groups in total. The van der Waals surface area contributed by atoms with Gasteiger partial charge in [-0.3, -0.25) is 9.59 Å². The Morgan fingerprint density at radius 3 is 2.62 bits per heavy atom. The van der Waals surface area contributed by atoms with Crippen molar-refractivity contribution < 1.29 is 14.0 Å². The summed E-state index contributed by atoms with van der Waals surface area (Å²) in [5, 5.41) is 11.6. The number of aromatic nitrogens is 3. The first-order chi connectivity index (χ1) is 15.3. The Balaban J connectivity index is 1.59. The number of pyridine rings is 1. The van der Waals surface area contributed by atoms with Crippen LogP contribution in [0.1, 0.15) is 39.4 Å². The number of nitrogens with two attached hydrogens (primary N) is 1. The molecule has 0 fully saturated rings. The number of anilines is 1. The van der Waals surface area contributed by atoms with Crippen molar-refractivity contribution in [3.8, 4) is 11.1 Å². The minimum atomic E-state index is -0.324. The maximum atomic E-state index is 13.0. The van der Waals surface area contributed by atoms with E-state index in [0.717, 1.165) is 11.1 Å². The molecular formula is C22H21FN6O2S. The Bertz CT molecular complexity index is 1300. The molecule has 0 saturated carbocycles. The fourth-order valence-corrected chi connectivity index (χ4v) is 3.98. The number of fused-ring (bicyclic) bond motifs is 1. The molecule has 164 valence electrons. The Morgan fingerprint density at radius 1 is 1.16 bits per heavy atom. The molecule has 1 aromatic carbocycles. The molecule has 0 saturated heterocycles. The van der Waals surface area contributed by atoms with E-state index in [4.69, 9.17) is 5.73 Å². The summed E-state index contributed by atoms with van der Waals surface area (Å²) in [5.41, 5.74) is 8.69. The Kier molecular flexibility index (Phi) is 5.87. The van der Waals surface area contributed by atoms with Crippen molar-refractivity contribution in [1.82, 2.24) is 25.2 Å². The van der Waals surface area contributed by atoms with Gasteiger partial charge in [-0.25, -0.2) is 8.91 Å². The van der Waals surface area contributed by atoms with Gasteiger partial charge in [0.05, 0.1) is 10.4 Å². The second-order valence-electron chi connectivity index (χ2n) is 7.52. The van der Waals surface area contributed by atoms with Crippen molar-refractivity contribution in [2.45, 2.75) is 26.4 Å². The van der Waals surface area contributed by atoms with Crippen LogP contribution in [0.3, 0.4) is 0 Å². The summed E-state index contributed by atoms with van der Waals surface area (Å²) < 4.78 is 14.5. The summed E-state index contributed by atoms with van der Waals surface area (Å²) >= 11 is 1.28. The molecule has 0 aliphatic heterocycles. The SMILES string of the molecule is CC(C)NC(=O)c1cc(-c2csc(C(=O)NCc3ccc(F)cc3)c2)cn2nc(N)nc12. The quantitative estimate of drug-likeness (QED) is 0.416. The summed E-state index contributed by atoms with van der Waals surface area (Å²) in [6.45, 7) is 4.02. The summed E-state index contributed by atoms with van der Waals surface area (Å²) in [7, 11) is 0. The predicted octanol–water partition coefficient (Wildman–Crippen LogP) is 3.25. The molecule has 0 atom stereocenters. The van der Waals surface area contributed by atoms with E-state index in [1.54, 1.807) is 30.5 Å². The number of nitrogens with zero attached hydrogens (tertiary/aromatic N) is 3. The number of carbonyl (C=O) groups excluding carboxylic acids is 2. The first kappa shape index (κ1) is 21.4. The molecule has 0 radical (unpaired) electrons.